The number of aromatic nitrogens is 2. The summed E-state index contributed by atoms with van der Waals surface area (Å²) in [5.74, 6) is 1.22. The Kier molecular flexibility index (Phi) is 7.30. The number of alkyl halides is 3. The van der Waals surface area contributed by atoms with Crippen molar-refractivity contribution in [1.82, 2.24) is 9.97 Å². The van der Waals surface area contributed by atoms with Crippen molar-refractivity contribution in [3.8, 4) is 11.5 Å². The Morgan fingerprint density at radius 3 is 1.94 bits per heavy atom. The summed E-state index contributed by atoms with van der Waals surface area (Å²) in [4.78, 5) is 11.3. The van der Waals surface area contributed by atoms with E-state index in [0.717, 1.165) is 6.20 Å². The first-order valence-corrected chi connectivity index (χ1v) is 10.5. The van der Waals surface area contributed by atoms with Crippen LogP contribution in [0.3, 0.4) is 0 Å². The molecule has 1 aromatic heterocycles. The highest BCUT2D eigenvalue weighted by Crippen LogP contribution is 2.38. The van der Waals surface area contributed by atoms with Gasteiger partial charge in [0.15, 0.2) is 5.82 Å². The number of hydrogen-bond acceptors (Lipinski definition) is 6. The zero-order chi connectivity index (χ0) is 24.2. The minimum Gasteiger partial charge on any atom is -0.494 e. The predicted octanol–water partition coefficient (Wildman–Crippen LogP) is 6.22. The molecule has 0 aliphatic heterocycles. The first kappa shape index (κ1) is 24.2. The van der Waals surface area contributed by atoms with Crippen molar-refractivity contribution < 1.29 is 22.6 Å². The van der Waals surface area contributed by atoms with Crippen LogP contribution in [0.15, 0.2) is 54.7 Å². The number of hydrogen-bond donors (Lipinski definition) is 0. The van der Waals surface area contributed by atoms with Crippen LogP contribution in [-0.2, 0) is 6.18 Å². The topological polar surface area (TPSA) is 50.7 Å². The van der Waals surface area contributed by atoms with E-state index in [0.29, 0.717) is 29.5 Å². The van der Waals surface area contributed by atoms with Crippen LogP contribution in [-0.4, -0.2) is 36.8 Å². The maximum Gasteiger partial charge on any atom is 0.421 e. The Bertz CT molecular complexity index is 1050. The van der Waals surface area contributed by atoms with Crippen molar-refractivity contribution in [3.05, 3.63) is 60.3 Å². The second-order valence-corrected chi connectivity index (χ2v) is 7.61. The SMILES string of the molecule is CCOc1ccc(N(C)c2nc(N(C)c3ccc(OC(C)C)cc3)ncc2C(F)(F)F)cc1. The Hall–Kier alpha value is -3.49. The molecular weight excluding hydrogens is 433 g/mol. The van der Waals surface area contributed by atoms with Crippen molar-refractivity contribution in [2.75, 3.05) is 30.5 Å². The third-order valence-electron chi connectivity index (χ3n) is 4.81. The fourth-order valence-electron chi connectivity index (χ4n) is 3.17. The van der Waals surface area contributed by atoms with Gasteiger partial charge in [0.25, 0.3) is 0 Å². The lowest BCUT2D eigenvalue weighted by molar-refractivity contribution is -0.137. The zero-order valence-corrected chi connectivity index (χ0v) is 19.2. The van der Waals surface area contributed by atoms with Gasteiger partial charge in [-0.25, -0.2) is 4.98 Å². The van der Waals surface area contributed by atoms with Gasteiger partial charge in [-0.05, 0) is 69.3 Å². The highest BCUT2D eigenvalue weighted by atomic mass is 19.4. The zero-order valence-electron chi connectivity index (χ0n) is 19.2. The molecule has 0 aliphatic rings. The van der Waals surface area contributed by atoms with Crippen LogP contribution in [0.25, 0.3) is 0 Å². The normalized spacial score (nSPS) is 11.4. The number of ether oxygens (including phenoxy) is 2. The first-order valence-electron chi connectivity index (χ1n) is 10.5. The van der Waals surface area contributed by atoms with Crippen molar-refractivity contribution in [1.29, 1.82) is 0 Å². The lowest BCUT2D eigenvalue weighted by atomic mass is 10.2. The molecule has 0 amide bonds. The van der Waals surface area contributed by atoms with Gasteiger partial charge in [-0.1, -0.05) is 0 Å². The lowest BCUT2D eigenvalue weighted by Gasteiger charge is -2.25. The average molecular weight is 461 g/mol. The molecule has 2 aromatic carbocycles. The van der Waals surface area contributed by atoms with E-state index in [1.165, 1.54) is 11.9 Å². The van der Waals surface area contributed by atoms with Crippen LogP contribution in [0.1, 0.15) is 26.3 Å². The average Bonchev–Trinajstić information content (AvgIpc) is 2.78. The molecule has 0 bridgehead atoms. The van der Waals surface area contributed by atoms with E-state index in [-0.39, 0.29) is 17.9 Å². The van der Waals surface area contributed by atoms with E-state index in [1.807, 2.05) is 20.8 Å². The van der Waals surface area contributed by atoms with Crippen LogP contribution in [0, 0.1) is 0 Å². The Morgan fingerprint density at radius 1 is 0.879 bits per heavy atom. The van der Waals surface area contributed by atoms with E-state index in [1.54, 1.807) is 60.5 Å². The maximum absolute atomic E-state index is 13.7. The molecule has 0 saturated heterocycles. The van der Waals surface area contributed by atoms with Crippen molar-refractivity contribution in [2.24, 2.45) is 0 Å². The van der Waals surface area contributed by atoms with Crippen LogP contribution in [0.5, 0.6) is 11.5 Å². The molecule has 6 nitrogen and oxygen atoms in total. The molecule has 1 heterocycles. The monoisotopic (exact) mass is 460 g/mol. The Morgan fingerprint density at radius 2 is 1.42 bits per heavy atom. The molecule has 9 heteroatoms. The fraction of sp³-hybridized carbons (Fsp3) is 0.333. The second kappa shape index (κ2) is 9.97. The van der Waals surface area contributed by atoms with Gasteiger partial charge in [0.1, 0.15) is 17.1 Å². The molecule has 0 spiro atoms. The van der Waals surface area contributed by atoms with Gasteiger partial charge in [-0.2, -0.15) is 18.2 Å². The van der Waals surface area contributed by atoms with Crippen molar-refractivity contribution in [3.63, 3.8) is 0 Å². The molecule has 0 fully saturated rings. The van der Waals surface area contributed by atoms with Crippen molar-refractivity contribution in [2.45, 2.75) is 33.1 Å². The minimum atomic E-state index is -4.61. The van der Waals surface area contributed by atoms with E-state index >= 15 is 0 Å². The molecule has 0 aliphatic carbocycles. The highest BCUT2D eigenvalue weighted by Gasteiger charge is 2.37. The molecule has 0 N–H and O–H groups in total. The van der Waals surface area contributed by atoms with Crippen molar-refractivity contribution >= 4 is 23.1 Å². The van der Waals surface area contributed by atoms with Crippen LogP contribution >= 0.6 is 0 Å². The van der Waals surface area contributed by atoms with Crippen LogP contribution < -0.4 is 19.3 Å². The van der Waals surface area contributed by atoms with Gasteiger partial charge in [0.2, 0.25) is 5.95 Å². The van der Waals surface area contributed by atoms with Crippen LogP contribution in [0.4, 0.5) is 36.3 Å². The molecule has 176 valence electrons. The maximum atomic E-state index is 13.7. The molecule has 0 saturated carbocycles. The van der Waals surface area contributed by atoms with E-state index in [9.17, 15) is 13.2 Å². The fourth-order valence-corrected chi connectivity index (χ4v) is 3.17. The highest BCUT2D eigenvalue weighted by molar-refractivity contribution is 5.66. The second-order valence-electron chi connectivity index (χ2n) is 7.61. The summed E-state index contributed by atoms with van der Waals surface area (Å²) < 4.78 is 52.3. The summed E-state index contributed by atoms with van der Waals surface area (Å²) in [7, 11) is 3.23. The summed E-state index contributed by atoms with van der Waals surface area (Å²) in [5, 5.41) is 0. The third-order valence-corrected chi connectivity index (χ3v) is 4.81. The molecule has 33 heavy (non-hydrogen) atoms. The summed E-state index contributed by atoms with van der Waals surface area (Å²) >= 11 is 0. The number of nitrogens with zero attached hydrogens (tertiary/aromatic N) is 4. The lowest BCUT2D eigenvalue weighted by Crippen LogP contribution is -2.21. The smallest absolute Gasteiger partial charge is 0.421 e. The quantitative estimate of drug-likeness (QED) is 0.398. The van der Waals surface area contributed by atoms with Gasteiger partial charge in [-0.3, -0.25) is 0 Å². The summed E-state index contributed by atoms with van der Waals surface area (Å²) in [5.41, 5.74) is 0.323. The van der Waals surface area contributed by atoms with E-state index in [4.69, 9.17) is 9.47 Å². The third kappa shape index (κ3) is 5.85. The number of anilines is 4. The summed E-state index contributed by atoms with van der Waals surface area (Å²) in [6.07, 6.45) is -3.76. The van der Waals surface area contributed by atoms with Crippen LogP contribution in [0.2, 0.25) is 0 Å². The Labute approximate surface area is 191 Å². The largest absolute Gasteiger partial charge is 0.494 e. The number of rotatable bonds is 8. The van der Waals surface area contributed by atoms with Gasteiger partial charge in [-0.15, -0.1) is 0 Å². The van der Waals surface area contributed by atoms with E-state index in [2.05, 4.69) is 9.97 Å². The molecular formula is C24H27F3N4O2. The summed E-state index contributed by atoms with van der Waals surface area (Å²) in [6, 6.07) is 14.0. The minimum absolute atomic E-state index is 0.0347. The summed E-state index contributed by atoms with van der Waals surface area (Å²) in [6.45, 7) is 6.22. The molecule has 0 unspecified atom stereocenters. The van der Waals surface area contributed by atoms with Gasteiger partial charge < -0.3 is 19.3 Å². The molecule has 3 aromatic rings. The number of halogens is 3. The van der Waals surface area contributed by atoms with Gasteiger partial charge in [0, 0.05) is 31.7 Å². The number of benzene rings is 2. The predicted molar refractivity (Wildman–Crippen MR) is 123 cm³/mol. The first-order chi connectivity index (χ1) is 15.6. The molecule has 0 atom stereocenters. The van der Waals surface area contributed by atoms with Gasteiger partial charge in [0.05, 0.1) is 12.7 Å². The molecule has 3 rings (SSSR count). The Balaban J connectivity index is 1.95. The van der Waals surface area contributed by atoms with E-state index < -0.39 is 11.7 Å². The molecule has 0 radical (unpaired) electrons. The van der Waals surface area contributed by atoms with Gasteiger partial charge >= 0.3 is 6.18 Å². The standard InChI is InChI=1S/C24H27F3N4O2/c1-6-32-19-11-7-17(8-12-19)30(4)22-21(24(25,26)27)15-28-23(29-22)31(5)18-9-13-20(14-10-18)33-16(2)3/h7-16H,6H2,1-5H3.